The van der Waals surface area contributed by atoms with E-state index in [9.17, 15) is 4.79 Å². The first-order valence-corrected chi connectivity index (χ1v) is 9.38. The molecule has 0 aliphatic rings. The summed E-state index contributed by atoms with van der Waals surface area (Å²) in [6, 6.07) is 9.56. The number of aryl methyl sites for hydroxylation is 3. The normalized spacial score (nSPS) is 11.0. The molecule has 0 atom stereocenters. The topological polar surface area (TPSA) is 64.7 Å². The molecule has 0 radical (unpaired) electrons. The van der Waals surface area contributed by atoms with Crippen LogP contribution in [0.25, 0.3) is 0 Å². The van der Waals surface area contributed by atoms with Gasteiger partial charge in [0.25, 0.3) is 5.91 Å². The molecule has 0 fully saturated rings. The van der Waals surface area contributed by atoms with Gasteiger partial charge in [-0.15, -0.1) is 0 Å². The van der Waals surface area contributed by atoms with Gasteiger partial charge in [-0.3, -0.25) is 14.2 Å². The minimum Gasteiger partial charge on any atom is -0.352 e. The van der Waals surface area contributed by atoms with Gasteiger partial charge in [0.1, 0.15) is 0 Å². The summed E-state index contributed by atoms with van der Waals surface area (Å²) in [5.41, 5.74) is 4.63. The van der Waals surface area contributed by atoms with Gasteiger partial charge in [-0.05, 0) is 51.0 Å². The Morgan fingerprint density at radius 2 is 1.85 bits per heavy atom. The van der Waals surface area contributed by atoms with Gasteiger partial charge in [0.15, 0.2) is 0 Å². The second-order valence-corrected chi connectivity index (χ2v) is 7.02. The van der Waals surface area contributed by atoms with Crippen LogP contribution in [0.2, 0.25) is 5.02 Å². The minimum absolute atomic E-state index is 0.0621. The first-order chi connectivity index (χ1) is 13.0. The summed E-state index contributed by atoms with van der Waals surface area (Å²) in [7, 11) is 0. The van der Waals surface area contributed by atoms with Crippen molar-refractivity contribution in [3.63, 3.8) is 0 Å². The lowest BCUT2D eigenvalue weighted by Gasteiger charge is -2.08. The Balaban J connectivity index is 1.51. The van der Waals surface area contributed by atoms with Gasteiger partial charge in [-0.1, -0.05) is 23.7 Å². The van der Waals surface area contributed by atoms with Gasteiger partial charge in [0.05, 0.1) is 23.0 Å². The van der Waals surface area contributed by atoms with Crippen molar-refractivity contribution < 1.29 is 4.79 Å². The Hall–Kier alpha value is -2.60. The summed E-state index contributed by atoms with van der Waals surface area (Å²) in [5.74, 6) is -0.0621. The third-order valence-corrected chi connectivity index (χ3v) is 5.15. The number of hydrogen-bond acceptors (Lipinski definition) is 3. The van der Waals surface area contributed by atoms with Gasteiger partial charge in [0.2, 0.25) is 0 Å². The molecule has 3 rings (SSSR count). The molecule has 0 spiro atoms. The van der Waals surface area contributed by atoms with E-state index in [4.69, 9.17) is 11.6 Å². The van der Waals surface area contributed by atoms with E-state index in [1.54, 1.807) is 6.20 Å². The molecule has 0 aliphatic carbocycles. The number of carbonyl (C=O) groups excluding carboxylic acids is 1. The van der Waals surface area contributed by atoms with E-state index >= 15 is 0 Å². The van der Waals surface area contributed by atoms with Crippen molar-refractivity contribution in [2.75, 3.05) is 6.54 Å². The molecule has 6 nitrogen and oxygen atoms in total. The van der Waals surface area contributed by atoms with Crippen LogP contribution >= 0.6 is 11.6 Å². The van der Waals surface area contributed by atoms with E-state index < -0.39 is 0 Å². The number of nitrogens with zero attached hydrogens (tertiary/aromatic N) is 4. The maximum absolute atomic E-state index is 12.3. The second kappa shape index (κ2) is 8.39. The Morgan fingerprint density at radius 3 is 2.44 bits per heavy atom. The summed E-state index contributed by atoms with van der Waals surface area (Å²) in [6.45, 7) is 7.91. The van der Waals surface area contributed by atoms with Gasteiger partial charge in [-0.2, -0.15) is 10.2 Å². The number of hydrogen-bond donors (Lipinski definition) is 1. The van der Waals surface area contributed by atoms with Crippen LogP contribution in [0.5, 0.6) is 0 Å². The zero-order valence-electron chi connectivity index (χ0n) is 15.9. The largest absolute Gasteiger partial charge is 0.352 e. The first kappa shape index (κ1) is 19.2. The summed E-state index contributed by atoms with van der Waals surface area (Å²) in [5, 5.41) is 12.3. The monoisotopic (exact) mass is 385 g/mol. The number of halogens is 1. The van der Waals surface area contributed by atoms with Crippen molar-refractivity contribution >= 4 is 17.5 Å². The molecule has 0 bridgehead atoms. The molecule has 27 heavy (non-hydrogen) atoms. The molecule has 7 heteroatoms. The fourth-order valence-electron chi connectivity index (χ4n) is 2.93. The molecule has 3 aromatic rings. The van der Waals surface area contributed by atoms with Gasteiger partial charge >= 0.3 is 0 Å². The average molecular weight is 386 g/mol. The van der Waals surface area contributed by atoms with E-state index in [0.717, 1.165) is 35.6 Å². The number of benzene rings is 1. The highest BCUT2D eigenvalue weighted by atomic mass is 35.5. The van der Waals surface area contributed by atoms with E-state index in [0.29, 0.717) is 23.7 Å². The Bertz CT molecular complexity index is 927. The predicted molar refractivity (Wildman–Crippen MR) is 106 cm³/mol. The maximum atomic E-state index is 12.3. The SMILES string of the molecule is Cc1nn(Cc2ccc(C(=O)NCCCn3nccc3C)cc2)c(C)c1Cl. The highest BCUT2D eigenvalue weighted by Gasteiger charge is 2.10. The van der Waals surface area contributed by atoms with Gasteiger partial charge < -0.3 is 5.32 Å². The van der Waals surface area contributed by atoms with E-state index in [1.165, 1.54) is 0 Å². The van der Waals surface area contributed by atoms with E-state index in [1.807, 2.05) is 60.5 Å². The smallest absolute Gasteiger partial charge is 0.251 e. The van der Waals surface area contributed by atoms with Crippen molar-refractivity contribution in [2.45, 2.75) is 40.3 Å². The summed E-state index contributed by atoms with van der Waals surface area (Å²) in [6.07, 6.45) is 2.63. The number of rotatable bonds is 7. The molecule has 1 aromatic carbocycles. The summed E-state index contributed by atoms with van der Waals surface area (Å²) in [4.78, 5) is 12.3. The minimum atomic E-state index is -0.0621. The van der Waals surface area contributed by atoms with E-state index in [2.05, 4.69) is 15.5 Å². The van der Waals surface area contributed by atoms with Gasteiger partial charge in [0, 0.05) is 30.5 Å². The average Bonchev–Trinajstić information content (AvgIpc) is 3.17. The van der Waals surface area contributed by atoms with Crippen molar-refractivity contribution in [3.05, 3.63) is 69.8 Å². The van der Waals surface area contributed by atoms with Crippen LogP contribution in [0.1, 0.15) is 39.4 Å². The zero-order chi connectivity index (χ0) is 19.4. The molecule has 0 unspecified atom stereocenters. The molecule has 1 amide bonds. The third kappa shape index (κ3) is 4.57. The zero-order valence-corrected chi connectivity index (χ0v) is 16.6. The molecule has 1 N–H and O–H groups in total. The van der Waals surface area contributed by atoms with Crippen LogP contribution in [-0.4, -0.2) is 32.0 Å². The highest BCUT2D eigenvalue weighted by molar-refractivity contribution is 6.31. The summed E-state index contributed by atoms with van der Waals surface area (Å²) < 4.78 is 3.82. The lowest BCUT2D eigenvalue weighted by Crippen LogP contribution is -2.25. The molecular weight excluding hydrogens is 362 g/mol. The first-order valence-electron chi connectivity index (χ1n) is 9.01. The van der Waals surface area contributed by atoms with Crippen LogP contribution in [0.4, 0.5) is 0 Å². The lowest BCUT2D eigenvalue weighted by molar-refractivity contribution is 0.0952. The van der Waals surface area contributed by atoms with Crippen LogP contribution in [0, 0.1) is 20.8 Å². The molecule has 0 saturated heterocycles. The molecule has 0 saturated carbocycles. The van der Waals surface area contributed by atoms with Gasteiger partial charge in [-0.25, -0.2) is 0 Å². The van der Waals surface area contributed by atoms with Crippen molar-refractivity contribution in [1.82, 2.24) is 24.9 Å². The lowest BCUT2D eigenvalue weighted by atomic mass is 10.1. The van der Waals surface area contributed by atoms with Crippen molar-refractivity contribution in [1.29, 1.82) is 0 Å². The molecule has 2 aromatic heterocycles. The molecule has 142 valence electrons. The van der Waals surface area contributed by atoms with Crippen LogP contribution in [0.15, 0.2) is 36.5 Å². The van der Waals surface area contributed by atoms with Crippen molar-refractivity contribution in [2.24, 2.45) is 0 Å². The predicted octanol–water partition coefficient (Wildman–Crippen LogP) is 3.53. The van der Waals surface area contributed by atoms with E-state index in [-0.39, 0.29) is 5.91 Å². The molecular formula is C20H24ClN5O. The molecule has 0 aliphatic heterocycles. The standard InChI is InChI=1S/C20H24ClN5O/c1-14-9-11-23-25(14)12-4-10-22-20(27)18-7-5-17(6-8-18)13-26-16(3)19(21)15(2)24-26/h5-9,11H,4,10,12-13H2,1-3H3,(H,22,27). The quantitative estimate of drug-likeness (QED) is 0.633. The fraction of sp³-hybridized carbons (Fsp3) is 0.350. The number of amides is 1. The third-order valence-electron chi connectivity index (χ3n) is 4.60. The number of aromatic nitrogens is 4. The maximum Gasteiger partial charge on any atom is 0.251 e. The van der Waals surface area contributed by atoms with Crippen LogP contribution in [0.3, 0.4) is 0 Å². The Labute approximate surface area is 164 Å². The molecule has 2 heterocycles. The van der Waals surface area contributed by atoms with Crippen LogP contribution < -0.4 is 5.32 Å². The number of carbonyl (C=O) groups is 1. The Kier molecular flexibility index (Phi) is 5.96. The van der Waals surface area contributed by atoms with Crippen LogP contribution in [-0.2, 0) is 13.1 Å². The second-order valence-electron chi connectivity index (χ2n) is 6.64. The van der Waals surface area contributed by atoms with Crippen molar-refractivity contribution in [3.8, 4) is 0 Å². The highest BCUT2D eigenvalue weighted by Crippen LogP contribution is 2.20. The fourth-order valence-corrected chi connectivity index (χ4v) is 3.06. The number of nitrogens with one attached hydrogen (secondary N) is 1. The Morgan fingerprint density at radius 1 is 1.11 bits per heavy atom. The summed E-state index contributed by atoms with van der Waals surface area (Å²) >= 11 is 6.19.